The Bertz CT molecular complexity index is 1430. The van der Waals surface area contributed by atoms with Crippen molar-refractivity contribution >= 4 is 34.0 Å². The number of nitrogens with zero attached hydrogens (tertiary/aromatic N) is 3. The van der Waals surface area contributed by atoms with Gasteiger partial charge in [-0.25, -0.2) is 4.68 Å². The first kappa shape index (κ1) is 19.7. The maximum atomic E-state index is 12.9. The summed E-state index contributed by atoms with van der Waals surface area (Å²) in [6.45, 7) is 1.68. The second-order valence-corrected chi connectivity index (χ2v) is 7.25. The van der Waals surface area contributed by atoms with Crippen molar-refractivity contribution in [2.75, 3.05) is 10.6 Å². The zero-order valence-electron chi connectivity index (χ0n) is 16.5. The molecule has 32 heavy (non-hydrogen) atoms. The van der Waals surface area contributed by atoms with Gasteiger partial charge in [0.1, 0.15) is 5.69 Å². The minimum atomic E-state index is -4.62. The van der Waals surface area contributed by atoms with Gasteiger partial charge in [-0.05, 0) is 37.3 Å². The van der Waals surface area contributed by atoms with Crippen LogP contribution >= 0.6 is 0 Å². The second kappa shape index (κ2) is 6.91. The van der Waals surface area contributed by atoms with Crippen molar-refractivity contribution in [3.05, 3.63) is 77.4 Å². The average molecular weight is 437 g/mol. The molecule has 0 unspecified atom stereocenters. The van der Waals surface area contributed by atoms with Crippen molar-refractivity contribution in [2.45, 2.75) is 13.1 Å². The van der Waals surface area contributed by atoms with Gasteiger partial charge in [0.15, 0.2) is 0 Å². The third-order valence-corrected chi connectivity index (χ3v) is 5.30. The molecule has 0 saturated carbocycles. The number of halogens is 3. The van der Waals surface area contributed by atoms with Crippen LogP contribution in [0.2, 0.25) is 0 Å². The first-order valence-electron chi connectivity index (χ1n) is 9.51. The van der Waals surface area contributed by atoms with Crippen LogP contribution in [0.4, 0.5) is 24.5 Å². The van der Waals surface area contributed by atoms with Crippen LogP contribution < -0.4 is 10.6 Å². The molecule has 0 aliphatic carbocycles. The first-order chi connectivity index (χ1) is 15.2. The lowest BCUT2D eigenvalue weighted by molar-refractivity contribution is -0.141. The molecule has 1 aliphatic heterocycles. The van der Waals surface area contributed by atoms with Gasteiger partial charge >= 0.3 is 6.18 Å². The fraction of sp³-hybridized carbons (Fsp3) is 0.0909. The fourth-order valence-electron chi connectivity index (χ4n) is 3.80. The number of aromatic nitrogens is 3. The van der Waals surface area contributed by atoms with E-state index in [0.29, 0.717) is 22.6 Å². The predicted molar refractivity (Wildman–Crippen MR) is 111 cm³/mol. The summed E-state index contributed by atoms with van der Waals surface area (Å²) in [6.07, 6.45) is -2.28. The molecule has 1 aliphatic rings. The van der Waals surface area contributed by atoms with Gasteiger partial charge in [-0.3, -0.25) is 14.6 Å². The molecule has 2 aromatic heterocycles. The lowest BCUT2D eigenvalue weighted by atomic mass is 10.0. The first-order valence-corrected chi connectivity index (χ1v) is 9.51. The second-order valence-electron chi connectivity index (χ2n) is 7.25. The number of nitrogens with one attached hydrogen (secondary N) is 2. The Morgan fingerprint density at radius 1 is 1.16 bits per heavy atom. The minimum absolute atomic E-state index is 0.0283. The monoisotopic (exact) mass is 437 g/mol. The van der Waals surface area contributed by atoms with E-state index in [4.69, 9.17) is 0 Å². The number of carbonyl (C=O) groups is 2. The molecular formula is C22H14F3N5O2. The number of benzene rings is 2. The standard InChI is InChI=1S/C22H14F3N5O2/c1-11-15(21(32)28-12-7-8-26-18(9-12)22(23,24)25)10-27-30(11)17-6-5-16-19-13(17)3-2-4-14(19)20(31)29-16/h2-10H,1H3,(H,29,31)(H,26,28,32). The molecule has 0 radical (unpaired) electrons. The molecule has 0 atom stereocenters. The fourth-order valence-corrected chi connectivity index (χ4v) is 3.80. The van der Waals surface area contributed by atoms with E-state index < -0.39 is 17.8 Å². The Kier molecular flexibility index (Phi) is 4.26. The summed E-state index contributed by atoms with van der Waals surface area (Å²) in [5.41, 5.74) is 1.49. The molecule has 0 bridgehead atoms. The quantitative estimate of drug-likeness (QED) is 0.492. The van der Waals surface area contributed by atoms with E-state index >= 15 is 0 Å². The molecular weight excluding hydrogens is 423 g/mol. The van der Waals surface area contributed by atoms with E-state index in [9.17, 15) is 22.8 Å². The number of amides is 2. The van der Waals surface area contributed by atoms with Gasteiger partial charge in [0.05, 0.1) is 23.1 Å². The van der Waals surface area contributed by atoms with Gasteiger partial charge in [0.2, 0.25) is 0 Å². The van der Waals surface area contributed by atoms with Crippen molar-refractivity contribution in [1.29, 1.82) is 0 Å². The number of carbonyl (C=O) groups excluding carboxylic acids is 2. The highest BCUT2D eigenvalue weighted by atomic mass is 19.4. The molecule has 2 amide bonds. The molecule has 3 heterocycles. The van der Waals surface area contributed by atoms with Gasteiger partial charge < -0.3 is 10.6 Å². The molecule has 5 rings (SSSR count). The summed E-state index contributed by atoms with van der Waals surface area (Å²) in [5, 5.41) is 11.1. The molecule has 0 saturated heterocycles. The summed E-state index contributed by atoms with van der Waals surface area (Å²) in [4.78, 5) is 28.2. The smallest absolute Gasteiger partial charge is 0.322 e. The highest BCUT2D eigenvalue weighted by Gasteiger charge is 2.32. The Hall–Kier alpha value is -4.21. The lowest BCUT2D eigenvalue weighted by Crippen LogP contribution is -2.15. The summed E-state index contributed by atoms with van der Waals surface area (Å²) < 4.78 is 40.2. The number of pyridine rings is 1. The highest BCUT2D eigenvalue weighted by molar-refractivity contribution is 6.25. The van der Waals surface area contributed by atoms with E-state index in [1.807, 2.05) is 6.07 Å². The van der Waals surface area contributed by atoms with Crippen molar-refractivity contribution < 1.29 is 22.8 Å². The van der Waals surface area contributed by atoms with Crippen LogP contribution in [0.25, 0.3) is 16.5 Å². The van der Waals surface area contributed by atoms with Crippen molar-refractivity contribution in [2.24, 2.45) is 0 Å². The molecule has 4 aromatic rings. The number of rotatable bonds is 3. The molecule has 0 spiro atoms. The number of alkyl halides is 3. The maximum Gasteiger partial charge on any atom is 0.433 e. The van der Waals surface area contributed by atoms with Crippen molar-refractivity contribution in [1.82, 2.24) is 14.8 Å². The van der Waals surface area contributed by atoms with Gasteiger partial charge in [-0.15, -0.1) is 0 Å². The van der Waals surface area contributed by atoms with Gasteiger partial charge in [0.25, 0.3) is 11.8 Å². The zero-order valence-corrected chi connectivity index (χ0v) is 16.5. The predicted octanol–water partition coefficient (Wildman–Crippen LogP) is 4.57. The maximum absolute atomic E-state index is 12.9. The van der Waals surface area contributed by atoms with E-state index in [1.54, 1.807) is 35.9 Å². The Morgan fingerprint density at radius 2 is 1.97 bits per heavy atom. The third kappa shape index (κ3) is 3.08. The Labute approximate surface area is 178 Å². The van der Waals surface area contributed by atoms with Crippen molar-refractivity contribution in [3.63, 3.8) is 0 Å². The summed E-state index contributed by atoms with van der Waals surface area (Å²) in [6, 6.07) is 11.0. The molecule has 7 nitrogen and oxygen atoms in total. The van der Waals surface area contributed by atoms with Crippen LogP contribution in [0, 0.1) is 6.92 Å². The van der Waals surface area contributed by atoms with E-state index in [-0.39, 0.29) is 17.2 Å². The Balaban J connectivity index is 1.51. The number of hydrogen-bond acceptors (Lipinski definition) is 4. The highest BCUT2D eigenvalue weighted by Crippen LogP contribution is 2.36. The average Bonchev–Trinajstić information content (AvgIpc) is 3.29. The largest absolute Gasteiger partial charge is 0.433 e. The van der Waals surface area contributed by atoms with E-state index in [2.05, 4.69) is 20.7 Å². The summed E-state index contributed by atoms with van der Waals surface area (Å²) in [7, 11) is 0. The number of hydrogen-bond donors (Lipinski definition) is 2. The van der Waals surface area contributed by atoms with Crippen LogP contribution in [0.15, 0.2) is 54.9 Å². The molecule has 2 aromatic carbocycles. The van der Waals surface area contributed by atoms with E-state index in [0.717, 1.165) is 23.0 Å². The van der Waals surface area contributed by atoms with Crippen LogP contribution in [0.5, 0.6) is 0 Å². The van der Waals surface area contributed by atoms with Gasteiger partial charge in [-0.2, -0.15) is 18.3 Å². The Morgan fingerprint density at radius 3 is 2.75 bits per heavy atom. The van der Waals surface area contributed by atoms with Crippen molar-refractivity contribution in [3.8, 4) is 5.69 Å². The SMILES string of the molecule is Cc1c(C(=O)Nc2ccnc(C(F)(F)F)c2)cnn1-c1ccc2c3c(cccc13)C(=O)N2. The van der Waals surface area contributed by atoms with Crippen LogP contribution in [0.1, 0.15) is 32.1 Å². The van der Waals surface area contributed by atoms with Crippen LogP contribution in [0.3, 0.4) is 0 Å². The molecule has 0 fully saturated rings. The van der Waals surface area contributed by atoms with Crippen LogP contribution in [-0.2, 0) is 6.18 Å². The van der Waals surface area contributed by atoms with Crippen LogP contribution in [-0.4, -0.2) is 26.6 Å². The molecule has 10 heteroatoms. The third-order valence-electron chi connectivity index (χ3n) is 5.30. The van der Waals surface area contributed by atoms with Gasteiger partial charge in [-0.1, -0.05) is 12.1 Å². The molecule has 2 N–H and O–H groups in total. The summed E-state index contributed by atoms with van der Waals surface area (Å²) >= 11 is 0. The topological polar surface area (TPSA) is 88.9 Å². The minimum Gasteiger partial charge on any atom is -0.322 e. The summed E-state index contributed by atoms with van der Waals surface area (Å²) in [5.74, 6) is -0.786. The normalized spacial score (nSPS) is 12.8. The molecule has 160 valence electrons. The number of anilines is 2. The van der Waals surface area contributed by atoms with Gasteiger partial charge in [0, 0.05) is 33.9 Å². The lowest BCUT2D eigenvalue weighted by Gasteiger charge is -2.11. The zero-order chi connectivity index (χ0) is 22.6. The van der Waals surface area contributed by atoms with E-state index in [1.165, 1.54) is 12.3 Å².